The van der Waals surface area contributed by atoms with Crippen molar-refractivity contribution in [3.8, 4) is 11.5 Å². The number of benzene rings is 2. The van der Waals surface area contributed by atoms with Crippen LogP contribution in [0.1, 0.15) is 28.8 Å². The number of nitrogens with zero attached hydrogens (tertiary/aromatic N) is 2. The van der Waals surface area contributed by atoms with Crippen molar-refractivity contribution in [1.29, 1.82) is 0 Å². The second-order valence-electron chi connectivity index (χ2n) is 7.88. The summed E-state index contributed by atoms with van der Waals surface area (Å²) in [5.41, 5.74) is 2.84. The van der Waals surface area contributed by atoms with Gasteiger partial charge in [0.1, 0.15) is 13.2 Å². The Morgan fingerprint density at radius 2 is 1.87 bits per heavy atom. The zero-order valence-corrected chi connectivity index (χ0v) is 17.4. The van der Waals surface area contributed by atoms with E-state index in [-0.39, 0.29) is 11.7 Å². The lowest BCUT2D eigenvalue weighted by Crippen LogP contribution is -2.36. The monoisotopic (exact) mass is 422 g/mol. The highest BCUT2D eigenvalue weighted by molar-refractivity contribution is 6.35. The van der Waals surface area contributed by atoms with Crippen LogP contribution in [0.2, 0.25) is 5.02 Å². The molecule has 2 aromatic carbocycles. The van der Waals surface area contributed by atoms with Crippen molar-refractivity contribution in [3.05, 3.63) is 64.8 Å². The molecule has 6 heteroatoms. The lowest BCUT2D eigenvalue weighted by Gasteiger charge is -2.31. The minimum Gasteiger partial charge on any atom is -0.486 e. The highest BCUT2D eigenvalue weighted by Crippen LogP contribution is 2.33. The first-order valence-electron chi connectivity index (χ1n) is 10.4. The number of fused-ring (bicyclic) bond motifs is 2. The molecule has 0 spiro atoms. The minimum absolute atomic E-state index is 0.0453. The zero-order chi connectivity index (χ0) is 20.5. The molecule has 1 saturated heterocycles. The van der Waals surface area contributed by atoms with Crippen LogP contribution in [-0.2, 0) is 6.54 Å². The normalized spacial score (nSPS) is 17.2. The Kier molecular flexibility index (Phi) is 5.32. The summed E-state index contributed by atoms with van der Waals surface area (Å²) in [6, 6.07) is 13.4. The van der Waals surface area contributed by atoms with Crippen LogP contribution in [0.4, 0.5) is 0 Å². The van der Waals surface area contributed by atoms with E-state index in [0.29, 0.717) is 24.5 Å². The highest BCUT2D eigenvalue weighted by Gasteiger charge is 2.27. The fraction of sp³-hybridized carbons (Fsp3) is 0.333. The SMILES string of the molecule is O=C(c1ccc2c(c1)OCCO2)C1CCN(Cc2ccc(Cl)c3cccnc23)CC1. The van der Waals surface area contributed by atoms with Gasteiger partial charge >= 0.3 is 0 Å². The molecule has 0 amide bonds. The molecule has 30 heavy (non-hydrogen) atoms. The summed E-state index contributed by atoms with van der Waals surface area (Å²) in [5, 5.41) is 1.71. The molecule has 5 nitrogen and oxygen atoms in total. The predicted molar refractivity (Wildman–Crippen MR) is 117 cm³/mol. The Hall–Kier alpha value is -2.63. The van der Waals surface area contributed by atoms with Gasteiger partial charge in [-0.15, -0.1) is 0 Å². The standard InChI is InChI=1S/C24H23ClN2O3/c25-20-5-3-18(23-19(20)2-1-9-26-23)15-27-10-7-16(8-11-27)24(28)17-4-6-21-22(14-17)30-13-12-29-21/h1-6,9,14,16H,7-8,10-13,15H2. The van der Waals surface area contributed by atoms with Crippen molar-refractivity contribution in [1.82, 2.24) is 9.88 Å². The number of hydrogen-bond donors (Lipinski definition) is 0. The molecule has 0 aliphatic carbocycles. The van der Waals surface area contributed by atoms with Crippen LogP contribution >= 0.6 is 11.6 Å². The summed E-state index contributed by atoms with van der Waals surface area (Å²) < 4.78 is 11.2. The van der Waals surface area contributed by atoms with E-state index in [9.17, 15) is 4.79 Å². The third-order valence-corrected chi connectivity index (χ3v) is 6.31. The van der Waals surface area contributed by atoms with Crippen LogP contribution in [0.3, 0.4) is 0 Å². The molecule has 0 unspecified atom stereocenters. The van der Waals surface area contributed by atoms with E-state index in [1.807, 2.05) is 36.4 Å². The number of carbonyl (C=O) groups is 1. The molecule has 154 valence electrons. The number of carbonyl (C=O) groups excluding carboxylic acids is 1. The van der Waals surface area contributed by atoms with Crippen molar-refractivity contribution in [2.75, 3.05) is 26.3 Å². The van der Waals surface area contributed by atoms with E-state index >= 15 is 0 Å². The summed E-state index contributed by atoms with van der Waals surface area (Å²) in [6.07, 6.45) is 3.51. The fourth-order valence-electron chi connectivity index (χ4n) is 4.35. The Morgan fingerprint density at radius 3 is 2.70 bits per heavy atom. The smallest absolute Gasteiger partial charge is 0.166 e. The molecule has 3 aromatic rings. The van der Waals surface area contributed by atoms with Crippen LogP contribution < -0.4 is 9.47 Å². The molecule has 0 bridgehead atoms. The van der Waals surface area contributed by atoms with Crippen LogP contribution in [-0.4, -0.2) is 42.0 Å². The summed E-state index contributed by atoms with van der Waals surface area (Å²) in [6.45, 7) is 3.67. The number of Topliss-reactive ketones (excluding diaryl/α,β-unsaturated/α-hetero) is 1. The summed E-state index contributed by atoms with van der Waals surface area (Å²) >= 11 is 6.32. The summed E-state index contributed by atoms with van der Waals surface area (Å²) in [7, 11) is 0. The molecule has 1 aromatic heterocycles. The van der Waals surface area contributed by atoms with Gasteiger partial charge in [-0.1, -0.05) is 17.7 Å². The highest BCUT2D eigenvalue weighted by atomic mass is 35.5. The predicted octanol–water partition coefficient (Wildman–Crippen LogP) is 4.75. The van der Waals surface area contributed by atoms with Gasteiger partial charge in [0.2, 0.25) is 0 Å². The Labute approximate surface area is 180 Å². The average Bonchev–Trinajstić information content (AvgIpc) is 2.81. The van der Waals surface area contributed by atoms with Gasteiger partial charge in [0, 0.05) is 34.6 Å². The van der Waals surface area contributed by atoms with E-state index in [4.69, 9.17) is 21.1 Å². The first kappa shape index (κ1) is 19.3. The first-order chi connectivity index (χ1) is 14.7. The van der Waals surface area contributed by atoms with Crippen molar-refractivity contribution in [3.63, 3.8) is 0 Å². The van der Waals surface area contributed by atoms with Gasteiger partial charge in [-0.3, -0.25) is 14.7 Å². The van der Waals surface area contributed by atoms with E-state index in [0.717, 1.165) is 54.2 Å². The number of halogens is 1. The average molecular weight is 423 g/mol. The molecule has 5 rings (SSSR count). The Bertz CT molecular complexity index is 1090. The molecule has 0 atom stereocenters. The van der Waals surface area contributed by atoms with Crippen molar-refractivity contribution in [2.24, 2.45) is 5.92 Å². The van der Waals surface area contributed by atoms with Crippen LogP contribution in [0, 0.1) is 5.92 Å². The van der Waals surface area contributed by atoms with Gasteiger partial charge in [0.25, 0.3) is 0 Å². The molecular formula is C24H23ClN2O3. The maximum atomic E-state index is 13.0. The van der Waals surface area contributed by atoms with Gasteiger partial charge in [-0.2, -0.15) is 0 Å². The number of ether oxygens (including phenoxy) is 2. The zero-order valence-electron chi connectivity index (χ0n) is 16.6. The van der Waals surface area contributed by atoms with Gasteiger partial charge in [0.15, 0.2) is 17.3 Å². The molecule has 1 fully saturated rings. The van der Waals surface area contributed by atoms with Gasteiger partial charge in [-0.05, 0) is 67.9 Å². The minimum atomic E-state index is 0.0453. The molecule has 3 heterocycles. The third-order valence-electron chi connectivity index (χ3n) is 5.98. The van der Waals surface area contributed by atoms with Gasteiger partial charge < -0.3 is 9.47 Å². The number of piperidine rings is 1. The fourth-order valence-corrected chi connectivity index (χ4v) is 4.57. The molecule has 2 aliphatic rings. The lowest BCUT2D eigenvalue weighted by molar-refractivity contribution is 0.0834. The van der Waals surface area contributed by atoms with Crippen molar-refractivity contribution < 1.29 is 14.3 Å². The number of hydrogen-bond acceptors (Lipinski definition) is 5. The maximum Gasteiger partial charge on any atom is 0.166 e. The van der Waals surface area contributed by atoms with Crippen molar-refractivity contribution in [2.45, 2.75) is 19.4 Å². The molecular weight excluding hydrogens is 400 g/mol. The van der Waals surface area contributed by atoms with E-state index in [1.54, 1.807) is 6.20 Å². The summed E-state index contributed by atoms with van der Waals surface area (Å²) in [5.74, 6) is 1.64. The second-order valence-corrected chi connectivity index (χ2v) is 8.29. The molecule has 0 saturated carbocycles. The van der Waals surface area contributed by atoms with Crippen LogP contribution in [0.15, 0.2) is 48.7 Å². The van der Waals surface area contributed by atoms with E-state index in [2.05, 4.69) is 16.0 Å². The largest absolute Gasteiger partial charge is 0.486 e. The number of aromatic nitrogens is 1. The van der Waals surface area contributed by atoms with Crippen LogP contribution in [0.25, 0.3) is 10.9 Å². The second kappa shape index (κ2) is 8.25. The maximum absolute atomic E-state index is 13.0. The quantitative estimate of drug-likeness (QED) is 0.567. The molecule has 2 aliphatic heterocycles. The number of rotatable bonds is 4. The van der Waals surface area contributed by atoms with Crippen molar-refractivity contribution >= 4 is 28.3 Å². The molecule has 0 radical (unpaired) electrons. The third kappa shape index (κ3) is 3.75. The van der Waals surface area contributed by atoms with Gasteiger partial charge in [0.05, 0.1) is 5.52 Å². The number of likely N-dealkylation sites (tertiary alicyclic amines) is 1. The van der Waals surface area contributed by atoms with Crippen LogP contribution in [0.5, 0.6) is 11.5 Å². The lowest BCUT2D eigenvalue weighted by atomic mass is 9.88. The number of ketones is 1. The first-order valence-corrected chi connectivity index (χ1v) is 10.7. The number of pyridine rings is 1. The summed E-state index contributed by atoms with van der Waals surface area (Å²) in [4.78, 5) is 20.0. The van der Waals surface area contributed by atoms with E-state index in [1.165, 1.54) is 5.56 Å². The van der Waals surface area contributed by atoms with Gasteiger partial charge in [-0.25, -0.2) is 0 Å². The Balaban J connectivity index is 1.25. The topological polar surface area (TPSA) is 51.7 Å². The Morgan fingerprint density at radius 1 is 1.07 bits per heavy atom. The molecule has 0 N–H and O–H groups in total. The van der Waals surface area contributed by atoms with E-state index < -0.39 is 0 Å².